The molecule has 0 spiro atoms. The van der Waals surface area contributed by atoms with Crippen molar-refractivity contribution in [1.29, 1.82) is 0 Å². The fourth-order valence-corrected chi connectivity index (χ4v) is 3.42. The number of nitrogens with one attached hydrogen (secondary N) is 2. The first-order valence-electron chi connectivity index (χ1n) is 10.1. The van der Waals surface area contributed by atoms with Gasteiger partial charge in [-0.2, -0.15) is 0 Å². The molecule has 3 rings (SSSR count). The Morgan fingerprint density at radius 1 is 1.07 bits per heavy atom. The molecule has 1 saturated heterocycles. The van der Waals surface area contributed by atoms with Crippen molar-refractivity contribution in [2.75, 3.05) is 31.6 Å². The van der Waals surface area contributed by atoms with Gasteiger partial charge in [0.25, 0.3) is 5.91 Å². The molecule has 3 amide bonds. The topological polar surface area (TPSA) is 70.7 Å². The molecule has 0 saturated carbocycles. The number of morpholine rings is 1. The summed E-state index contributed by atoms with van der Waals surface area (Å²) in [5, 5.41) is 5.87. The van der Waals surface area contributed by atoms with E-state index in [9.17, 15) is 9.59 Å². The number of rotatable bonds is 6. The number of urea groups is 1. The van der Waals surface area contributed by atoms with Crippen molar-refractivity contribution in [3.8, 4) is 0 Å². The van der Waals surface area contributed by atoms with Gasteiger partial charge in [0.2, 0.25) is 0 Å². The zero-order valence-corrected chi connectivity index (χ0v) is 17.1. The zero-order valence-electron chi connectivity index (χ0n) is 17.1. The van der Waals surface area contributed by atoms with Crippen LogP contribution in [0.5, 0.6) is 0 Å². The van der Waals surface area contributed by atoms with Crippen molar-refractivity contribution >= 4 is 17.6 Å². The maximum Gasteiger partial charge on any atom is 0.319 e. The molecule has 2 aromatic carbocycles. The van der Waals surface area contributed by atoms with Crippen molar-refractivity contribution in [2.24, 2.45) is 0 Å². The van der Waals surface area contributed by atoms with Crippen molar-refractivity contribution in [3.63, 3.8) is 0 Å². The number of amides is 3. The number of aryl methyl sites for hydroxylation is 1. The van der Waals surface area contributed by atoms with E-state index in [2.05, 4.69) is 22.8 Å². The SMILES string of the molecule is Cc1c(NC(=O)NC(C)CCc2ccccc2)cccc1C(=O)N1CCOCC1. The normalized spacial score (nSPS) is 14.9. The molecule has 154 valence electrons. The number of ether oxygens (including phenoxy) is 1. The largest absolute Gasteiger partial charge is 0.378 e. The minimum Gasteiger partial charge on any atom is -0.378 e. The van der Waals surface area contributed by atoms with E-state index in [-0.39, 0.29) is 18.0 Å². The van der Waals surface area contributed by atoms with E-state index >= 15 is 0 Å². The molecule has 1 aliphatic rings. The van der Waals surface area contributed by atoms with Crippen molar-refractivity contribution in [1.82, 2.24) is 10.2 Å². The molecule has 1 atom stereocenters. The van der Waals surface area contributed by atoms with Gasteiger partial charge in [0.15, 0.2) is 0 Å². The van der Waals surface area contributed by atoms with Crippen LogP contribution in [0, 0.1) is 6.92 Å². The van der Waals surface area contributed by atoms with Crippen LogP contribution in [0.4, 0.5) is 10.5 Å². The first kappa shape index (κ1) is 20.9. The lowest BCUT2D eigenvalue weighted by molar-refractivity contribution is 0.0302. The summed E-state index contributed by atoms with van der Waals surface area (Å²) >= 11 is 0. The lowest BCUT2D eigenvalue weighted by Crippen LogP contribution is -2.41. The third kappa shape index (κ3) is 5.81. The highest BCUT2D eigenvalue weighted by atomic mass is 16.5. The number of benzene rings is 2. The van der Waals surface area contributed by atoms with Crippen LogP contribution in [0.15, 0.2) is 48.5 Å². The van der Waals surface area contributed by atoms with Gasteiger partial charge in [-0.05, 0) is 49.9 Å². The standard InChI is InChI=1S/C23H29N3O3/c1-17(11-12-19-7-4-3-5-8-19)24-23(28)25-21-10-6-9-20(18(21)2)22(27)26-13-15-29-16-14-26/h3-10,17H,11-16H2,1-2H3,(H2,24,25,28). The monoisotopic (exact) mass is 395 g/mol. The van der Waals surface area contributed by atoms with E-state index in [0.717, 1.165) is 18.4 Å². The molecule has 29 heavy (non-hydrogen) atoms. The lowest BCUT2D eigenvalue weighted by atomic mass is 10.0. The van der Waals surface area contributed by atoms with Crippen molar-refractivity contribution < 1.29 is 14.3 Å². The third-order valence-electron chi connectivity index (χ3n) is 5.20. The number of carbonyl (C=O) groups is 2. The average Bonchev–Trinajstić information content (AvgIpc) is 2.74. The van der Waals surface area contributed by atoms with Gasteiger partial charge in [-0.3, -0.25) is 4.79 Å². The lowest BCUT2D eigenvalue weighted by Gasteiger charge is -2.27. The maximum atomic E-state index is 12.8. The second kappa shape index (κ2) is 10.1. The van der Waals surface area contributed by atoms with E-state index in [0.29, 0.717) is 37.6 Å². The Kier molecular flexibility index (Phi) is 7.25. The van der Waals surface area contributed by atoms with Gasteiger partial charge in [0.1, 0.15) is 0 Å². The Morgan fingerprint density at radius 3 is 2.52 bits per heavy atom. The Bertz CT molecular complexity index is 833. The van der Waals surface area contributed by atoms with Gasteiger partial charge < -0.3 is 20.3 Å². The van der Waals surface area contributed by atoms with E-state index in [1.54, 1.807) is 17.0 Å². The Balaban J connectivity index is 1.56. The van der Waals surface area contributed by atoms with Crippen LogP contribution in [0.3, 0.4) is 0 Å². The predicted molar refractivity (Wildman–Crippen MR) is 114 cm³/mol. The van der Waals surface area contributed by atoms with Crippen LogP contribution in [0.2, 0.25) is 0 Å². The van der Waals surface area contributed by atoms with Crippen LogP contribution >= 0.6 is 0 Å². The summed E-state index contributed by atoms with van der Waals surface area (Å²) in [6.07, 6.45) is 1.76. The van der Waals surface area contributed by atoms with Crippen LogP contribution in [0.1, 0.15) is 34.8 Å². The quantitative estimate of drug-likeness (QED) is 0.785. The summed E-state index contributed by atoms with van der Waals surface area (Å²) in [4.78, 5) is 27.0. The van der Waals surface area contributed by atoms with Gasteiger partial charge in [-0.15, -0.1) is 0 Å². The van der Waals surface area contributed by atoms with Crippen LogP contribution < -0.4 is 10.6 Å². The highest BCUT2D eigenvalue weighted by Gasteiger charge is 2.21. The van der Waals surface area contributed by atoms with Gasteiger partial charge in [-0.1, -0.05) is 36.4 Å². The summed E-state index contributed by atoms with van der Waals surface area (Å²) in [6.45, 7) is 6.17. The van der Waals surface area contributed by atoms with Crippen LogP contribution in [0.25, 0.3) is 0 Å². The molecule has 1 aliphatic heterocycles. The number of nitrogens with zero attached hydrogens (tertiary/aromatic N) is 1. The summed E-state index contributed by atoms with van der Waals surface area (Å²) in [7, 11) is 0. The molecule has 2 aromatic rings. The van der Waals surface area contributed by atoms with Gasteiger partial charge in [-0.25, -0.2) is 4.79 Å². The van der Waals surface area contributed by atoms with E-state index < -0.39 is 0 Å². The molecule has 6 heteroatoms. The summed E-state index contributed by atoms with van der Waals surface area (Å²) in [5.41, 5.74) is 3.29. The first-order valence-corrected chi connectivity index (χ1v) is 10.1. The van der Waals surface area contributed by atoms with Crippen molar-refractivity contribution in [2.45, 2.75) is 32.7 Å². The molecule has 0 bridgehead atoms. The number of hydrogen-bond donors (Lipinski definition) is 2. The average molecular weight is 396 g/mol. The van der Waals surface area contributed by atoms with Crippen LogP contribution in [-0.2, 0) is 11.2 Å². The third-order valence-corrected chi connectivity index (χ3v) is 5.20. The summed E-state index contributed by atoms with van der Waals surface area (Å²) in [5.74, 6) is -0.0221. The predicted octanol–water partition coefficient (Wildman–Crippen LogP) is 3.61. The molecule has 0 aromatic heterocycles. The molecule has 1 fully saturated rings. The molecular weight excluding hydrogens is 366 g/mol. The molecular formula is C23H29N3O3. The summed E-state index contributed by atoms with van der Waals surface area (Å²) < 4.78 is 5.32. The highest BCUT2D eigenvalue weighted by molar-refractivity contribution is 5.99. The Hall–Kier alpha value is -2.86. The molecule has 1 heterocycles. The number of hydrogen-bond acceptors (Lipinski definition) is 3. The van der Waals surface area contributed by atoms with Crippen molar-refractivity contribution in [3.05, 3.63) is 65.2 Å². The fourth-order valence-electron chi connectivity index (χ4n) is 3.42. The zero-order chi connectivity index (χ0) is 20.6. The van der Waals surface area contributed by atoms with E-state index in [4.69, 9.17) is 4.74 Å². The molecule has 6 nitrogen and oxygen atoms in total. The summed E-state index contributed by atoms with van der Waals surface area (Å²) in [6, 6.07) is 15.4. The minimum absolute atomic E-state index is 0.0221. The van der Waals surface area contributed by atoms with Gasteiger partial charge in [0.05, 0.1) is 13.2 Å². The van der Waals surface area contributed by atoms with E-state index in [1.165, 1.54) is 5.56 Å². The maximum absolute atomic E-state index is 12.8. The molecule has 0 radical (unpaired) electrons. The first-order chi connectivity index (χ1) is 14.0. The van der Waals surface area contributed by atoms with E-state index in [1.807, 2.05) is 38.1 Å². The molecule has 1 unspecified atom stereocenters. The fraction of sp³-hybridized carbons (Fsp3) is 0.391. The highest BCUT2D eigenvalue weighted by Crippen LogP contribution is 2.21. The molecule has 0 aliphatic carbocycles. The second-order valence-corrected chi connectivity index (χ2v) is 7.41. The van der Waals surface area contributed by atoms with Gasteiger partial charge >= 0.3 is 6.03 Å². The Morgan fingerprint density at radius 2 is 1.79 bits per heavy atom. The number of anilines is 1. The Labute approximate surface area is 172 Å². The molecule has 2 N–H and O–H groups in total. The number of carbonyl (C=O) groups excluding carboxylic acids is 2. The smallest absolute Gasteiger partial charge is 0.319 e. The van der Waals surface area contributed by atoms with Gasteiger partial charge in [0, 0.05) is 30.4 Å². The minimum atomic E-state index is -0.260. The second-order valence-electron chi connectivity index (χ2n) is 7.41. The van der Waals surface area contributed by atoms with Crippen LogP contribution in [-0.4, -0.2) is 49.2 Å².